The molecular formula is C15H20ClN3O. The molecule has 2 aromatic rings. The molecule has 5 heteroatoms. The smallest absolute Gasteiger partial charge is 0.142 e. The van der Waals surface area contributed by atoms with Crippen molar-refractivity contribution in [2.24, 2.45) is 12.8 Å². The highest BCUT2D eigenvalue weighted by atomic mass is 35.5. The largest absolute Gasteiger partial charge is 0.484 e. The zero-order valence-corrected chi connectivity index (χ0v) is 12.8. The zero-order valence-electron chi connectivity index (χ0n) is 12.0. The molecule has 0 radical (unpaired) electrons. The molecule has 4 nitrogen and oxygen atoms in total. The molecule has 1 aromatic heterocycles. The Morgan fingerprint density at radius 1 is 1.45 bits per heavy atom. The molecular weight excluding hydrogens is 274 g/mol. The van der Waals surface area contributed by atoms with Crippen molar-refractivity contribution in [3.05, 3.63) is 46.7 Å². The Kier molecular flexibility index (Phi) is 4.68. The van der Waals surface area contributed by atoms with E-state index in [0.717, 1.165) is 28.3 Å². The number of rotatable bonds is 5. The van der Waals surface area contributed by atoms with Gasteiger partial charge in [0.15, 0.2) is 0 Å². The van der Waals surface area contributed by atoms with Gasteiger partial charge in [0.2, 0.25) is 0 Å². The minimum absolute atomic E-state index is 0.0878. The molecule has 0 amide bonds. The quantitative estimate of drug-likeness (QED) is 0.921. The van der Waals surface area contributed by atoms with Crippen LogP contribution in [0.4, 0.5) is 0 Å². The van der Waals surface area contributed by atoms with Gasteiger partial charge in [-0.2, -0.15) is 5.10 Å². The first-order valence-electron chi connectivity index (χ1n) is 6.68. The second-order valence-electron chi connectivity index (χ2n) is 4.97. The third kappa shape index (κ3) is 3.32. The van der Waals surface area contributed by atoms with Crippen LogP contribution in [0.5, 0.6) is 5.75 Å². The fourth-order valence-electron chi connectivity index (χ4n) is 2.04. The van der Waals surface area contributed by atoms with Gasteiger partial charge in [0.05, 0.1) is 6.20 Å². The first-order chi connectivity index (χ1) is 9.51. The summed E-state index contributed by atoms with van der Waals surface area (Å²) in [5, 5.41) is 4.92. The lowest BCUT2D eigenvalue weighted by atomic mass is 10.0. The van der Waals surface area contributed by atoms with Gasteiger partial charge >= 0.3 is 0 Å². The third-order valence-corrected chi connectivity index (χ3v) is 3.73. The van der Waals surface area contributed by atoms with E-state index in [-0.39, 0.29) is 12.1 Å². The lowest BCUT2D eigenvalue weighted by Crippen LogP contribution is -2.31. The molecule has 0 aliphatic heterocycles. The predicted octanol–water partition coefficient (Wildman–Crippen LogP) is 3.24. The Hall–Kier alpha value is -1.52. The molecule has 0 fully saturated rings. The van der Waals surface area contributed by atoms with Crippen LogP contribution < -0.4 is 10.5 Å². The van der Waals surface area contributed by atoms with Crippen LogP contribution in [0.25, 0.3) is 0 Å². The van der Waals surface area contributed by atoms with Gasteiger partial charge < -0.3 is 10.5 Å². The number of benzene rings is 1. The standard InChI is InChI=1S/C15H20ClN3O/c1-4-14(17)15(11-8-18-19(3)9-11)20-12-5-6-13(16)10(2)7-12/h5-9,14-15H,4,17H2,1-3H3. The maximum Gasteiger partial charge on any atom is 0.142 e. The summed E-state index contributed by atoms with van der Waals surface area (Å²) >= 11 is 6.03. The van der Waals surface area contributed by atoms with Crippen LogP contribution in [0.15, 0.2) is 30.6 Å². The van der Waals surface area contributed by atoms with E-state index in [1.165, 1.54) is 0 Å². The van der Waals surface area contributed by atoms with E-state index in [4.69, 9.17) is 22.1 Å². The summed E-state index contributed by atoms with van der Waals surface area (Å²) in [5.74, 6) is 0.768. The summed E-state index contributed by atoms with van der Waals surface area (Å²) in [6.07, 6.45) is 4.34. The van der Waals surface area contributed by atoms with E-state index >= 15 is 0 Å². The maximum absolute atomic E-state index is 6.19. The number of aromatic nitrogens is 2. The van der Waals surface area contributed by atoms with Crippen molar-refractivity contribution in [1.82, 2.24) is 9.78 Å². The molecule has 0 aliphatic rings. The third-order valence-electron chi connectivity index (χ3n) is 3.31. The molecule has 2 rings (SSSR count). The van der Waals surface area contributed by atoms with Crippen LogP contribution in [0.1, 0.15) is 30.6 Å². The number of ether oxygens (including phenoxy) is 1. The van der Waals surface area contributed by atoms with Crippen molar-refractivity contribution in [1.29, 1.82) is 0 Å². The fraction of sp³-hybridized carbons (Fsp3) is 0.400. The molecule has 2 N–H and O–H groups in total. The van der Waals surface area contributed by atoms with Crippen molar-refractivity contribution in [3.63, 3.8) is 0 Å². The number of halogens is 1. The van der Waals surface area contributed by atoms with Crippen molar-refractivity contribution < 1.29 is 4.74 Å². The summed E-state index contributed by atoms with van der Waals surface area (Å²) in [6.45, 7) is 4.00. The zero-order chi connectivity index (χ0) is 14.7. The van der Waals surface area contributed by atoms with E-state index in [1.807, 2.05) is 45.3 Å². The van der Waals surface area contributed by atoms with E-state index in [2.05, 4.69) is 5.10 Å². The van der Waals surface area contributed by atoms with Gasteiger partial charge in [-0.25, -0.2) is 0 Å². The Balaban J connectivity index is 2.25. The average molecular weight is 294 g/mol. The minimum atomic E-state index is -0.214. The number of hydrogen-bond donors (Lipinski definition) is 1. The molecule has 0 saturated heterocycles. The van der Waals surface area contributed by atoms with Crippen molar-refractivity contribution in [2.75, 3.05) is 0 Å². The van der Waals surface area contributed by atoms with Gasteiger partial charge in [0, 0.05) is 29.9 Å². The lowest BCUT2D eigenvalue weighted by Gasteiger charge is -2.23. The van der Waals surface area contributed by atoms with Crippen LogP contribution >= 0.6 is 11.6 Å². The first kappa shape index (κ1) is 14.9. The van der Waals surface area contributed by atoms with E-state index in [0.29, 0.717) is 0 Å². The maximum atomic E-state index is 6.19. The predicted molar refractivity (Wildman–Crippen MR) is 81.0 cm³/mol. The SMILES string of the molecule is CCC(N)C(Oc1ccc(Cl)c(C)c1)c1cnn(C)c1. The summed E-state index contributed by atoms with van der Waals surface area (Å²) < 4.78 is 7.82. The monoisotopic (exact) mass is 293 g/mol. The highest BCUT2D eigenvalue weighted by Gasteiger charge is 2.22. The highest BCUT2D eigenvalue weighted by Crippen LogP contribution is 2.28. The van der Waals surface area contributed by atoms with Crippen molar-refractivity contribution in [2.45, 2.75) is 32.4 Å². The van der Waals surface area contributed by atoms with Crippen LogP contribution in [0.3, 0.4) is 0 Å². The first-order valence-corrected chi connectivity index (χ1v) is 7.06. The van der Waals surface area contributed by atoms with E-state index < -0.39 is 0 Å². The topological polar surface area (TPSA) is 53.1 Å². The fourth-order valence-corrected chi connectivity index (χ4v) is 2.16. The molecule has 0 saturated carbocycles. The summed E-state index contributed by atoms with van der Waals surface area (Å²) in [6, 6.07) is 5.54. The second-order valence-corrected chi connectivity index (χ2v) is 5.38. The van der Waals surface area contributed by atoms with Gasteiger partial charge in [-0.3, -0.25) is 4.68 Å². The molecule has 2 unspecified atom stereocenters. The molecule has 0 spiro atoms. The number of nitrogens with two attached hydrogens (primary N) is 1. The van der Waals surface area contributed by atoms with Gasteiger partial charge in [-0.1, -0.05) is 18.5 Å². The van der Waals surface area contributed by atoms with Gasteiger partial charge in [0.1, 0.15) is 11.9 Å². The summed E-state index contributed by atoms with van der Waals surface area (Å²) in [7, 11) is 1.88. The molecule has 20 heavy (non-hydrogen) atoms. The van der Waals surface area contributed by atoms with Gasteiger partial charge in [-0.15, -0.1) is 0 Å². The number of aryl methyl sites for hydroxylation is 2. The molecule has 0 bridgehead atoms. The number of nitrogens with zero attached hydrogens (tertiary/aromatic N) is 2. The number of hydrogen-bond acceptors (Lipinski definition) is 3. The van der Waals surface area contributed by atoms with Crippen LogP contribution in [0, 0.1) is 6.92 Å². The Bertz CT molecular complexity index is 582. The molecule has 1 aromatic carbocycles. The van der Waals surface area contributed by atoms with Crippen LogP contribution in [-0.4, -0.2) is 15.8 Å². The van der Waals surface area contributed by atoms with Crippen LogP contribution in [0.2, 0.25) is 5.02 Å². The van der Waals surface area contributed by atoms with Gasteiger partial charge in [0.25, 0.3) is 0 Å². The minimum Gasteiger partial charge on any atom is -0.484 e. The average Bonchev–Trinajstić information content (AvgIpc) is 2.85. The Morgan fingerprint density at radius 3 is 2.75 bits per heavy atom. The Labute approximate surface area is 124 Å². The molecule has 0 aliphatic carbocycles. The van der Waals surface area contributed by atoms with E-state index in [9.17, 15) is 0 Å². The second kappa shape index (κ2) is 6.29. The highest BCUT2D eigenvalue weighted by molar-refractivity contribution is 6.31. The molecule has 108 valence electrons. The molecule has 2 atom stereocenters. The van der Waals surface area contributed by atoms with Crippen molar-refractivity contribution >= 4 is 11.6 Å². The molecule has 1 heterocycles. The Morgan fingerprint density at radius 2 is 2.20 bits per heavy atom. The summed E-state index contributed by atoms with van der Waals surface area (Å²) in [5.41, 5.74) is 8.15. The van der Waals surface area contributed by atoms with E-state index in [1.54, 1.807) is 10.9 Å². The normalized spacial score (nSPS) is 14.1. The summed E-state index contributed by atoms with van der Waals surface area (Å²) in [4.78, 5) is 0. The van der Waals surface area contributed by atoms with Crippen molar-refractivity contribution in [3.8, 4) is 5.75 Å². The van der Waals surface area contributed by atoms with Gasteiger partial charge in [-0.05, 0) is 37.1 Å². The lowest BCUT2D eigenvalue weighted by molar-refractivity contribution is 0.171. The van der Waals surface area contributed by atoms with Crippen LogP contribution in [-0.2, 0) is 7.05 Å².